The number of furan rings is 1. The number of halogens is 1. The van der Waals surface area contributed by atoms with Crippen molar-refractivity contribution in [2.45, 2.75) is 22.7 Å². The molecule has 2 spiro atoms. The molecule has 2 fully saturated rings. The van der Waals surface area contributed by atoms with Crippen molar-refractivity contribution in [2.75, 3.05) is 18.9 Å². The molecular weight excluding hydrogens is 580 g/mol. The lowest BCUT2D eigenvalue weighted by atomic mass is 9.72. The average Bonchev–Trinajstić information content (AvgIpc) is 3.60. The van der Waals surface area contributed by atoms with Gasteiger partial charge in [-0.15, -0.1) is 0 Å². The van der Waals surface area contributed by atoms with E-state index in [2.05, 4.69) is 21.2 Å². The number of likely N-dealkylation sites (tertiary alicyclic amines) is 1. The normalized spacial score (nSPS) is 26.9. The summed E-state index contributed by atoms with van der Waals surface area (Å²) in [5, 5.41) is 14.6. The van der Waals surface area contributed by atoms with Gasteiger partial charge in [0.2, 0.25) is 5.91 Å². The molecule has 4 heterocycles. The molecule has 0 aliphatic carbocycles. The van der Waals surface area contributed by atoms with Gasteiger partial charge in [-0.2, -0.15) is 0 Å². The number of amides is 2. The van der Waals surface area contributed by atoms with Crippen LogP contribution >= 0.6 is 39.9 Å². The van der Waals surface area contributed by atoms with Crippen LogP contribution in [0.15, 0.2) is 69.8 Å². The number of thiocarbonyl (C=S) groups is 1. The fourth-order valence-electron chi connectivity index (χ4n) is 5.94. The van der Waals surface area contributed by atoms with Crippen molar-refractivity contribution >= 4 is 67.4 Å². The van der Waals surface area contributed by atoms with Crippen molar-refractivity contribution in [1.82, 2.24) is 9.80 Å². The molecule has 9 nitrogen and oxygen atoms in total. The van der Waals surface area contributed by atoms with Gasteiger partial charge in [0.1, 0.15) is 14.8 Å². The molecule has 1 aromatic heterocycles. The number of hydrogen-bond donors (Lipinski definition) is 1. The molecule has 1 N–H and O–H groups in total. The Hall–Kier alpha value is -3.06. The second-order valence-corrected chi connectivity index (χ2v) is 12.0. The van der Waals surface area contributed by atoms with Gasteiger partial charge in [0.15, 0.2) is 5.54 Å². The molecule has 12 heteroatoms. The number of thioether (sulfide) groups is 1. The fraction of sp³-hybridized carbons (Fsp3) is 0.240. The summed E-state index contributed by atoms with van der Waals surface area (Å²) >= 11 is 10.5. The van der Waals surface area contributed by atoms with E-state index in [1.54, 1.807) is 37.4 Å². The summed E-state index contributed by atoms with van der Waals surface area (Å²) in [6.07, 6.45) is 1.52. The molecule has 3 aliphatic rings. The number of nitro groups is 1. The molecule has 2 aromatic carbocycles. The fourth-order valence-corrected chi connectivity index (χ4v) is 8.43. The molecule has 3 aliphatic heterocycles. The largest absolute Gasteiger partial charge is 0.467 e. The second kappa shape index (κ2) is 8.48. The van der Waals surface area contributed by atoms with Crippen molar-refractivity contribution in [3.8, 4) is 0 Å². The van der Waals surface area contributed by atoms with Gasteiger partial charge in [0.25, 0.3) is 11.6 Å². The lowest BCUT2D eigenvalue weighted by molar-refractivity contribution is -0.384. The molecule has 3 atom stereocenters. The Morgan fingerprint density at radius 3 is 2.78 bits per heavy atom. The minimum absolute atomic E-state index is 0.0827. The van der Waals surface area contributed by atoms with E-state index in [1.165, 1.54) is 35.1 Å². The van der Waals surface area contributed by atoms with E-state index in [0.29, 0.717) is 33.4 Å². The van der Waals surface area contributed by atoms with Crippen LogP contribution in [0.1, 0.15) is 22.8 Å². The molecule has 2 amide bonds. The van der Waals surface area contributed by atoms with Crippen LogP contribution in [0.2, 0.25) is 0 Å². The zero-order valence-electron chi connectivity index (χ0n) is 19.3. The van der Waals surface area contributed by atoms with E-state index in [-0.39, 0.29) is 24.0 Å². The summed E-state index contributed by atoms with van der Waals surface area (Å²) in [5.74, 6) is -0.688. The van der Waals surface area contributed by atoms with Crippen molar-refractivity contribution in [3.63, 3.8) is 0 Å². The zero-order chi connectivity index (χ0) is 26.1. The molecular formula is C25H19BrN4O5S2. The number of carbonyl (C=O) groups is 2. The topological polar surface area (TPSA) is 109 Å². The average molecular weight is 599 g/mol. The van der Waals surface area contributed by atoms with Crippen LogP contribution in [0.25, 0.3) is 0 Å². The van der Waals surface area contributed by atoms with E-state index < -0.39 is 21.1 Å². The van der Waals surface area contributed by atoms with Gasteiger partial charge >= 0.3 is 0 Å². The number of benzene rings is 2. The van der Waals surface area contributed by atoms with Gasteiger partial charge in [0.05, 0.1) is 17.7 Å². The maximum atomic E-state index is 14.6. The van der Waals surface area contributed by atoms with E-state index >= 15 is 0 Å². The number of rotatable bonds is 4. The zero-order valence-corrected chi connectivity index (χ0v) is 22.6. The Bertz CT molecular complexity index is 1500. The van der Waals surface area contributed by atoms with Gasteiger partial charge in [-0.05, 0) is 42.9 Å². The quantitative estimate of drug-likeness (QED) is 0.263. The first-order valence-electron chi connectivity index (χ1n) is 11.3. The van der Waals surface area contributed by atoms with Gasteiger partial charge in [0, 0.05) is 40.3 Å². The highest BCUT2D eigenvalue weighted by atomic mass is 79.9. The first kappa shape index (κ1) is 24.3. The highest BCUT2D eigenvalue weighted by Crippen LogP contribution is 2.66. The standard InChI is InChI=1S/C25H19BrN4O5S2/c1-28-13-19(14-4-2-5-16(10-14)30(33)34)25(22(32)29(23(36)37-25)12-17-6-3-9-35-17)24(28)18-11-15(26)7-8-20(18)27-21(24)31/h2-11,19H,12-13H2,1H3,(H,27,31)/t19-,24-,25-/m0/s1. The Kier molecular flexibility index (Phi) is 5.57. The van der Waals surface area contributed by atoms with Crippen molar-refractivity contribution in [3.05, 3.63) is 92.3 Å². The Labute approximate surface area is 229 Å². The second-order valence-electron chi connectivity index (χ2n) is 9.21. The number of carbonyl (C=O) groups excluding carboxylic acids is 2. The van der Waals surface area contributed by atoms with Gasteiger partial charge < -0.3 is 9.73 Å². The molecule has 3 aromatic rings. The number of nitrogens with one attached hydrogen (secondary N) is 1. The van der Waals surface area contributed by atoms with Crippen LogP contribution < -0.4 is 5.32 Å². The lowest BCUT2D eigenvalue weighted by Crippen LogP contribution is -2.61. The van der Waals surface area contributed by atoms with Crippen LogP contribution in [0, 0.1) is 10.1 Å². The number of fused-ring (bicyclic) bond motifs is 3. The van der Waals surface area contributed by atoms with Crippen molar-refractivity contribution in [1.29, 1.82) is 0 Å². The third kappa shape index (κ3) is 3.22. The number of likely N-dealkylation sites (N-methyl/N-ethyl adjacent to an activating group) is 1. The number of nitro benzene ring substituents is 1. The minimum Gasteiger partial charge on any atom is -0.467 e. The summed E-state index contributed by atoms with van der Waals surface area (Å²) in [5.41, 5.74) is 0.373. The third-order valence-corrected chi connectivity index (χ3v) is 9.85. The molecule has 188 valence electrons. The summed E-state index contributed by atoms with van der Waals surface area (Å²) < 4.78 is 5.16. The van der Waals surface area contributed by atoms with Crippen LogP contribution in [0.5, 0.6) is 0 Å². The molecule has 6 rings (SSSR count). The predicted molar refractivity (Wildman–Crippen MR) is 145 cm³/mol. The number of nitrogens with zero attached hydrogens (tertiary/aromatic N) is 3. The highest BCUT2D eigenvalue weighted by molar-refractivity contribution is 9.10. The smallest absolute Gasteiger partial charge is 0.269 e. The maximum Gasteiger partial charge on any atom is 0.269 e. The Balaban J connectivity index is 1.60. The van der Waals surface area contributed by atoms with E-state index in [0.717, 1.165) is 4.47 Å². The van der Waals surface area contributed by atoms with E-state index in [1.807, 2.05) is 17.0 Å². The van der Waals surface area contributed by atoms with Crippen LogP contribution in [-0.2, 0) is 21.7 Å². The summed E-state index contributed by atoms with van der Waals surface area (Å²) in [6, 6.07) is 15.3. The SMILES string of the molecule is CN1C[C@@H](c2cccc([N+](=O)[O-])c2)[C@@]2(SC(=S)N(Cc3ccco3)C2=O)[C@]12C(=O)Nc1ccc(Br)cc12. The number of hydrogen-bond acceptors (Lipinski definition) is 8. The van der Waals surface area contributed by atoms with E-state index in [9.17, 15) is 19.7 Å². The summed E-state index contributed by atoms with van der Waals surface area (Å²) in [6.45, 7) is 0.421. The van der Waals surface area contributed by atoms with E-state index in [4.69, 9.17) is 16.6 Å². The monoisotopic (exact) mass is 598 g/mol. The lowest BCUT2D eigenvalue weighted by Gasteiger charge is -2.41. The number of anilines is 1. The van der Waals surface area contributed by atoms with Crippen molar-refractivity contribution in [2.24, 2.45) is 0 Å². The maximum absolute atomic E-state index is 14.6. The van der Waals surface area contributed by atoms with Gasteiger partial charge in [-0.3, -0.25) is 29.5 Å². The third-order valence-electron chi connectivity index (χ3n) is 7.41. The molecule has 0 radical (unpaired) electrons. The van der Waals surface area contributed by atoms with Crippen LogP contribution in [-0.4, -0.2) is 49.2 Å². The van der Waals surface area contributed by atoms with Gasteiger partial charge in [-0.1, -0.05) is 52.0 Å². The summed E-state index contributed by atoms with van der Waals surface area (Å²) in [7, 11) is 1.81. The van der Waals surface area contributed by atoms with Gasteiger partial charge in [-0.25, -0.2) is 0 Å². The molecule has 0 bridgehead atoms. The molecule has 37 heavy (non-hydrogen) atoms. The Morgan fingerprint density at radius 2 is 2.05 bits per heavy atom. The van der Waals surface area contributed by atoms with Crippen LogP contribution in [0.4, 0.5) is 11.4 Å². The van der Waals surface area contributed by atoms with Crippen molar-refractivity contribution < 1.29 is 18.9 Å². The molecule has 0 unspecified atom stereocenters. The first-order chi connectivity index (χ1) is 17.7. The first-order valence-corrected chi connectivity index (χ1v) is 13.4. The molecule has 2 saturated heterocycles. The Morgan fingerprint density at radius 1 is 1.24 bits per heavy atom. The molecule has 0 saturated carbocycles. The van der Waals surface area contributed by atoms with Crippen LogP contribution in [0.3, 0.4) is 0 Å². The minimum atomic E-state index is -1.42. The summed E-state index contributed by atoms with van der Waals surface area (Å²) in [4.78, 5) is 43.2. The number of non-ortho nitro benzene ring substituents is 1. The highest BCUT2D eigenvalue weighted by Gasteiger charge is 2.77. The predicted octanol–water partition coefficient (Wildman–Crippen LogP) is 4.63.